The second kappa shape index (κ2) is 6.14. The van der Waals surface area contributed by atoms with Gasteiger partial charge in [0, 0.05) is 12.1 Å². The van der Waals surface area contributed by atoms with Crippen molar-refractivity contribution >= 4 is 5.91 Å². The maximum atomic E-state index is 12.5. The maximum Gasteiger partial charge on any atom is 0.406 e. The Bertz CT molecular complexity index is 744. The van der Waals surface area contributed by atoms with Crippen molar-refractivity contribution in [2.24, 2.45) is 0 Å². The number of carbonyl (C=O) groups is 1. The van der Waals surface area contributed by atoms with E-state index in [-0.39, 0.29) is 13.0 Å². The van der Waals surface area contributed by atoms with Gasteiger partial charge in [0.05, 0.1) is 13.3 Å². The third kappa shape index (κ3) is 3.19. The van der Waals surface area contributed by atoms with Crippen LogP contribution in [0.5, 0.6) is 5.75 Å². The molecule has 0 N–H and O–H groups in total. The molecule has 2 heterocycles. The Kier molecular flexibility index (Phi) is 4.16. The number of rotatable bonds is 4. The van der Waals surface area contributed by atoms with E-state index < -0.39 is 24.7 Å². The lowest BCUT2D eigenvalue weighted by Crippen LogP contribution is -2.36. The third-order valence-corrected chi connectivity index (χ3v) is 3.85. The largest absolute Gasteiger partial charge is 0.496 e. The van der Waals surface area contributed by atoms with Crippen LogP contribution in [-0.2, 0) is 4.79 Å². The van der Waals surface area contributed by atoms with Crippen molar-refractivity contribution < 1.29 is 22.7 Å². The van der Waals surface area contributed by atoms with E-state index >= 15 is 0 Å². The number of carbonyl (C=O) groups excluding carboxylic acids is 1. The summed E-state index contributed by atoms with van der Waals surface area (Å²) in [6.45, 7) is -1.19. The molecule has 1 aliphatic heterocycles. The molecule has 9 heteroatoms. The van der Waals surface area contributed by atoms with Crippen LogP contribution in [0.4, 0.5) is 13.2 Å². The number of methoxy groups -OCH3 is 1. The molecule has 3 rings (SSSR count). The van der Waals surface area contributed by atoms with Gasteiger partial charge in [0.1, 0.15) is 24.0 Å². The number of halogens is 3. The Morgan fingerprint density at radius 1 is 1.33 bits per heavy atom. The molecule has 0 saturated carbocycles. The Hall–Kier alpha value is -2.58. The Morgan fingerprint density at radius 2 is 2.08 bits per heavy atom. The number of para-hydroxylation sites is 1. The highest BCUT2D eigenvalue weighted by molar-refractivity contribution is 5.82. The van der Waals surface area contributed by atoms with Crippen molar-refractivity contribution in [3.63, 3.8) is 0 Å². The van der Waals surface area contributed by atoms with Gasteiger partial charge < -0.3 is 9.64 Å². The number of amides is 1. The van der Waals surface area contributed by atoms with Crippen LogP contribution in [0.1, 0.15) is 12.5 Å². The summed E-state index contributed by atoms with van der Waals surface area (Å²) in [6, 6.07) is 6.41. The van der Waals surface area contributed by atoms with Gasteiger partial charge in [0.2, 0.25) is 5.91 Å². The number of ether oxygens (including phenoxy) is 1. The lowest BCUT2D eigenvalue weighted by Gasteiger charge is -2.18. The van der Waals surface area contributed by atoms with Crippen molar-refractivity contribution in [1.82, 2.24) is 19.9 Å². The highest BCUT2D eigenvalue weighted by atomic mass is 19.4. The topological polar surface area (TPSA) is 60.2 Å². The zero-order valence-corrected chi connectivity index (χ0v) is 12.8. The summed E-state index contributed by atoms with van der Waals surface area (Å²) in [5.41, 5.74) is 1.19. The predicted molar refractivity (Wildman–Crippen MR) is 78.3 cm³/mol. The molecular formula is C15H15F3N4O2. The molecule has 24 heavy (non-hydrogen) atoms. The van der Waals surface area contributed by atoms with Crippen molar-refractivity contribution in [1.29, 1.82) is 0 Å². The molecule has 1 unspecified atom stereocenters. The molecule has 1 amide bonds. The highest BCUT2D eigenvalue weighted by Gasteiger charge is 2.40. The Morgan fingerprint density at radius 3 is 2.79 bits per heavy atom. The number of nitrogens with zero attached hydrogens (tertiary/aromatic N) is 4. The summed E-state index contributed by atoms with van der Waals surface area (Å²) in [6.07, 6.45) is -2.59. The molecule has 0 aliphatic carbocycles. The van der Waals surface area contributed by atoms with Crippen LogP contribution in [-0.4, -0.2) is 52.2 Å². The van der Waals surface area contributed by atoms with E-state index in [1.165, 1.54) is 11.8 Å². The molecule has 1 aliphatic rings. The first-order chi connectivity index (χ1) is 11.4. The summed E-state index contributed by atoms with van der Waals surface area (Å²) in [7, 11) is 1.53. The molecule has 2 aromatic rings. The zero-order chi connectivity index (χ0) is 17.3. The molecule has 0 spiro atoms. The van der Waals surface area contributed by atoms with Gasteiger partial charge in [-0.05, 0) is 18.6 Å². The summed E-state index contributed by atoms with van der Waals surface area (Å²) >= 11 is 0. The van der Waals surface area contributed by atoms with Crippen LogP contribution < -0.4 is 4.74 Å². The van der Waals surface area contributed by atoms with Crippen molar-refractivity contribution in [2.45, 2.75) is 18.6 Å². The van der Waals surface area contributed by atoms with Gasteiger partial charge >= 0.3 is 6.18 Å². The fourth-order valence-electron chi connectivity index (χ4n) is 2.75. The van der Waals surface area contributed by atoms with Crippen LogP contribution in [0.2, 0.25) is 0 Å². The summed E-state index contributed by atoms with van der Waals surface area (Å²) in [4.78, 5) is 13.0. The Labute approximate surface area is 135 Å². The fourth-order valence-corrected chi connectivity index (χ4v) is 2.75. The molecule has 1 saturated heterocycles. The van der Waals surface area contributed by atoms with Gasteiger partial charge in [-0.1, -0.05) is 17.3 Å². The third-order valence-electron chi connectivity index (χ3n) is 3.85. The van der Waals surface area contributed by atoms with E-state index in [0.29, 0.717) is 17.0 Å². The molecule has 1 aromatic heterocycles. The number of hydrogen-bond acceptors (Lipinski definition) is 4. The standard InChI is InChI=1S/C15H15F3N4O2/c1-24-13-5-3-2-4-10(13)11-8-22(20-19-11)12-6-7-21(14(12)23)9-15(16,17)18/h2-5,8,12H,6-7,9H2,1H3. The van der Waals surface area contributed by atoms with Crippen molar-refractivity contribution in [2.75, 3.05) is 20.2 Å². The van der Waals surface area contributed by atoms with Gasteiger partial charge in [0.25, 0.3) is 0 Å². The molecule has 1 aromatic carbocycles. The van der Waals surface area contributed by atoms with E-state index in [1.54, 1.807) is 18.3 Å². The van der Waals surface area contributed by atoms with Crippen LogP contribution in [0.15, 0.2) is 30.5 Å². The van der Waals surface area contributed by atoms with Crippen LogP contribution in [0.3, 0.4) is 0 Å². The van der Waals surface area contributed by atoms with E-state index in [4.69, 9.17) is 4.74 Å². The first kappa shape index (κ1) is 16.3. The molecule has 0 bridgehead atoms. The first-order valence-corrected chi connectivity index (χ1v) is 7.30. The number of likely N-dealkylation sites (tertiary alicyclic amines) is 1. The van der Waals surface area contributed by atoms with E-state index in [2.05, 4.69) is 10.3 Å². The SMILES string of the molecule is COc1ccccc1-c1cn(C2CCN(CC(F)(F)F)C2=O)nn1. The van der Waals surface area contributed by atoms with Gasteiger partial charge in [-0.15, -0.1) is 5.10 Å². The van der Waals surface area contributed by atoms with Gasteiger partial charge in [-0.25, -0.2) is 4.68 Å². The van der Waals surface area contributed by atoms with Gasteiger partial charge in [-0.2, -0.15) is 13.2 Å². The number of benzene rings is 1. The highest BCUT2D eigenvalue weighted by Crippen LogP contribution is 2.30. The average Bonchev–Trinajstić information content (AvgIpc) is 3.14. The monoisotopic (exact) mass is 340 g/mol. The van der Waals surface area contributed by atoms with Crippen LogP contribution in [0, 0.1) is 0 Å². The summed E-state index contributed by atoms with van der Waals surface area (Å²) in [5.74, 6) is 0.00444. The van der Waals surface area contributed by atoms with E-state index in [1.807, 2.05) is 12.1 Å². The average molecular weight is 340 g/mol. The van der Waals surface area contributed by atoms with Gasteiger partial charge in [0.15, 0.2) is 0 Å². The van der Waals surface area contributed by atoms with E-state index in [0.717, 1.165) is 4.90 Å². The number of aromatic nitrogens is 3. The minimum Gasteiger partial charge on any atom is -0.496 e. The van der Waals surface area contributed by atoms with Crippen molar-refractivity contribution in [3.8, 4) is 17.0 Å². The minimum atomic E-state index is -4.41. The predicted octanol–water partition coefficient (Wildman–Crippen LogP) is 2.29. The quantitative estimate of drug-likeness (QED) is 0.857. The normalized spacial score (nSPS) is 18.2. The molecular weight excluding hydrogens is 325 g/mol. The second-order valence-electron chi connectivity index (χ2n) is 5.46. The number of alkyl halides is 3. The minimum absolute atomic E-state index is 0.0485. The van der Waals surface area contributed by atoms with Crippen LogP contribution >= 0.6 is 0 Å². The van der Waals surface area contributed by atoms with E-state index in [9.17, 15) is 18.0 Å². The molecule has 128 valence electrons. The molecule has 0 radical (unpaired) electrons. The zero-order valence-electron chi connectivity index (χ0n) is 12.8. The molecule has 1 fully saturated rings. The molecule has 1 atom stereocenters. The fraction of sp³-hybridized carbons (Fsp3) is 0.400. The lowest BCUT2D eigenvalue weighted by atomic mass is 10.1. The lowest BCUT2D eigenvalue weighted by molar-refractivity contribution is -0.158. The van der Waals surface area contributed by atoms with Crippen molar-refractivity contribution in [3.05, 3.63) is 30.5 Å². The summed E-state index contributed by atoms with van der Waals surface area (Å²) in [5, 5.41) is 7.93. The Balaban J connectivity index is 1.80. The van der Waals surface area contributed by atoms with Crippen LogP contribution in [0.25, 0.3) is 11.3 Å². The summed E-state index contributed by atoms with van der Waals surface area (Å²) < 4.78 is 44.0. The van der Waals surface area contributed by atoms with Gasteiger partial charge in [-0.3, -0.25) is 4.79 Å². The number of hydrogen-bond donors (Lipinski definition) is 0. The first-order valence-electron chi connectivity index (χ1n) is 7.30. The molecule has 6 nitrogen and oxygen atoms in total. The smallest absolute Gasteiger partial charge is 0.406 e. The second-order valence-corrected chi connectivity index (χ2v) is 5.46. The maximum absolute atomic E-state index is 12.5.